The van der Waals surface area contributed by atoms with Crippen LogP contribution in [0, 0.1) is 5.92 Å². The zero-order chi connectivity index (χ0) is 13.3. The SMILES string of the molecule is CCCCOP(=O)(O)C(=O)C(CC)CCCC. The molecule has 0 rings (SSSR count). The second-order valence-corrected chi connectivity index (χ2v) is 6.03. The summed E-state index contributed by atoms with van der Waals surface area (Å²) in [6.07, 6.45) is 4.73. The molecule has 0 fully saturated rings. The van der Waals surface area contributed by atoms with E-state index in [1.165, 1.54) is 0 Å². The van der Waals surface area contributed by atoms with Crippen molar-refractivity contribution in [2.75, 3.05) is 6.61 Å². The summed E-state index contributed by atoms with van der Waals surface area (Å²) in [6, 6.07) is 0. The first-order valence-electron chi connectivity index (χ1n) is 6.51. The summed E-state index contributed by atoms with van der Waals surface area (Å²) in [5, 5.41) is 0. The van der Waals surface area contributed by atoms with Gasteiger partial charge in [-0.1, -0.05) is 40.0 Å². The molecule has 0 aliphatic carbocycles. The molecular formula is C12H25O4P. The van der Waals surface area contributed by atoms with Crippen molar-refractivity contribution in [1.82, 2.24) is 0 Å². The second-order valence-electron chi connectivity index (χ2n) is 4.29. The van der Waals surface area contributed by atoms with Gasteiger partial charge in [-0.3, -0.25) is 9.36 Å². The normalized spacial score (nSPS) is 16.5. The highest BCUT2D eigenvalue weighted by Crippen LogP contribution is 2.47. The maximum atomic E-state index is 11.9. The number of carbonyl (C=O) groups is 1. The highest BCUT2D eigenvalue weighted by Gasteiger charge is 2.35. The van der Waals surface area contributed by atoms with Gasteiger partial charge in [-0.05, 0) is 19.3 Å². The van der Waals surface area contributed by atoms with Gasteiger partial charge in [0.05, 0.1) is 6.61 Å². The van der Waals surface area contributed by atoms with Crippen LogP contribution in [0.25, 0.3) is 0 Å². The smallest absolute Gasteiger partial charge is 0.319 e. The van der Waals surface area contributed by atoms with E-state index in [-0.39, 0.29) is 12.5 Å². The van der Waals surface area contributed by atoms with E-state index in [2.05, 4.69) is 0 Å². The van der Waals surface area contributed by atoms with Crippen LogP contribution in [0.15, 0.2) is 0 Å². The molecule has 102 valence electrons. The summed E-state index contributed by atoms with van der Waals surface area (Å²) in [5.41, 5.74) is -0.607. The molecule has 2 unspecified atom stereocenters. The van der Waals surface area contributed by atoms with Crippen LogP contribution in [-0.2, 0) is 13.9 Å². The molecule has 17 heavy (non-hydrogen) atoms. The van der Waals surface area contributed by atoms with Gasteiger partial charge in [0.25, 0.3) is 0 Å². The van der Waals surface area contributed by atoms with Crippen molar-refractivity contribution in [1.29, 1.82) is 0 Å². The van der Waals surface area contributed by atoms with Crippen molar-refractivity contribution < 1.29 is 18.8 Å². The van der Waals surface area contributed by atoms with Crippen LogP contribution in [0.4, 0.5) is 0 Å². The topological polar surface area (TPSA) is 63.6 Å². The Kier molecular flexibility index (Phi) is 8.75. The lowest BCUT2D eigenvalue weighted by Crippen LogP contribution is -2.15. The summed E-state index contributed by atoms with van der Waals surface area (Å²) in [5.74, 6) is -0.340. The van der Waals surface area contributed by atoms with E-state index in [1.807, 2.05) is 20.8 Å². The molecule has 4 nitrogen and oxygen atoms in total. The summed E-state index contributed by atoms with van der Waals surface area (Å²) >= 11 is 0. The average molecular weight is 264 g/mol. The van der Waals surface area contributed by atoms with Crippen LogP contribution >= 0.6 is 7.60 Å². The maximum absolute atomic E-state index is 11.9. The summed E-state index contributed by atoms with van der Waals surface area (Å²) in [6.45, 7) is 6.04. The molecular weight excluding hydrogens is 239 g/mol. The largest absolute Gasteiger partial charge is 0.394 e. The Bertz CT molecular complexity index is 265. The minimum Gasteiger partial charge on any atom is -0.319 e. The van der Waals surface area contributed by atoms with Crippen molar-refractivity contribution in [3.05, 3.63) is 0 Å². The monoisotopic (exact) mass is 264 g/mol. The Morgan fingerprint density at radius 2 is 1.82 bits per heavy atom. The van der Waals surface area contributed by atoms with Crippen molar-refractivity contribution in [3.63, 3.8) is 0 Å². The summed E-state index contributed by atoms with van der Waals surface area (Å²) in [7, 11) is -4.07. The lowest BCUT2D eigenvalue weighted by atomic mass is 10.0. The van der Waals surface area contributed by atoms with Crippen LogP contribution in [0.1, 0.15) is 59.3 Å². The first-order chi connectivity index (χ1) is 7.99. The molecule has 0 saturated carbocycles. The van der Waals surface area contributed by atoms with Gasteiger partial charge in [0.2, 0.25) is 5.52 Å². The van der Waals surface area contributed by atoms with Crippen molar-refractivity contribution in [3.8, 4) is 0 Å². The predicted octanol–water partition coefficient (Wildman–Crippen LogP) is 3.73. The van der Waals surface area contributed by atoms with Gasteiger partial charge in [0.15, 0.2) is 0 Å². The molecule has 0 amide bonds. The molecule has 0 aromatic carbocycles. The third kappa shape index (κ3) is 6.35. The number of rotatable bonds is 10. The lowest BCUT2D eigenvalue weighted by Gasteiger charge is -2.17. The van der Waals surface area contributed by atoms with Gasteiger partial charge in [-0.25, -0.2) is 0 Å². The molecule has 0 bridgehead atoms. The Labute approximate surface area is 104 Å². The molecule has 0 spiro atoms. The number of carbonyl (C=O) groups excluding carboxylic acids is 1. The van der Waals surface area contributed by atoms with Gasteiger partial charge < -0.3 is 9.42 Å². The molecule has 0 radical (unpaired) electrons. The molecule has 0 saturated heterocycles. The van der Waals surface area contributed by atoms with Crippen LogP contribution in [0.2, 0.25) is 0 Å². The summed E-state index contributed by atoms with van der Waals surface area (Å²) < 4.78 is 16.6. The van der Waals surface area contributed by atoms with Gasteiger partial charge in [-0.2, -0.15) is 0 Å². The highest BCUT2D eigenvalue weighted by atomic mass is 31.2. The van der Waals surface area contributed by atoms with Crippen LogP contribution in [-0.4, -0.2) is 17.0 Å². The fourth-order valence-electron chi connectivity index (χ4n) is 1.58. The predicted molar refractivity (Wildman–Crippen MR) is 69.0 cm³/mol. The van der Waals surface area contributed by atoms with E-state index in [0.717, 1.165) is 19.3 Å². The van der Waals surface area contributed by atoms with Gasteiger partial charge >= 0.3 is 7.60 Å². The van der Waals surface area contributed by atoms with Crippen LogP contribution in [0.5, 0.6) is 0 Å². The highest BCUT2D eigenvalue weighted by molar-refractivity contribution is 7.71. The molecule has 0 aromatic rings. The minimum absolute atomic E-state index is 0.181. The third-order valence-electron chi connectivity index (χ3n) is 2.79. The number of unbranched alkanes of at least 4 members (excludes halogenated alkanes) is 2. The Morgan fingerprint density at radius 1 is 1.24 bits per heavy atom. The molecule has 0 aliphatic rings. The van der Waals surface area contributed by atoms with Crippen molar-refractivity contribution >= 4 is 13.1 Å². The van der Waals surface area contributed by atoms with Gasteiger partial charge in [0.1, 0.15) is 0 Å². The Hall–Kier alpha value is -0.180. The first-order valence-corrected chi connectivity index (χ1v) is 8.09. The maximum Gasteiger partial charge on any atom is 0.394 e. The Balaban J connectivity index is 4.35. The third-order valence-corrected chi connectivity index (χ3v) is 4.25. The lowest BCUT2D eigenvalue weighted by molar-refractivity contribution is -0.117. The van der Waals surface area contributed by atoms with Gasteiger partial charge in [-0.15, -0.1) is 0 Å². The average Bonchev–Trinajstić information content (AvgIpc) is 2.30. The van der Waals surface area contributed by atoms with Crippen LogP contribution in [0.3, 0.4) is 0 Å². The standard InChI is InChI=1S/C12H25O4P/c1-4-7-9-11(6-3)12(13)17(14,15)16-10-8-5-2/h11H,4-10H2,1-3H3,(H,14,15). The summed E-state index contributed by atoms with van der Waals surface area (Å²) in [4.78, 5) is 21.5. The fourth-order valence-corrected chi connectivity index (χ4v) is 2.86. The number of hydrogen-bond donors (Lipinski definition) is 1. The van der Waals surface area contributed by atoms with E-state index in [0.29, 0.717) is 19.3 Å². The van der Waals surface area contributed by atoms with E-state index in [1.54, 1.807) is 0 Å². The molecule has 5 heteroatoms. The first kappa shape index (κ1) is 16.8. The fraction of sp³-hybridized carbons (Fsp3) is 0.917. The van der Waals surface area contributed by atoms with E-state index >= 15 is 0 Å². The van der Waals surface area contributed by atoms with Gasteiger partial charge in [0, 0.05) is 5.92 Å². The molecule has 2 atom stereocenters. The second kappa shape index (κ2) is 8.84. The van der Waals surface area contributed by atoms with E-state index in [9.17, 15) is 14.3 Å². The molecule has 1 N–H and O–H groups in total. The quantitative estimate of drug-likeness (QED) is 0.482. The van der Waals surface area contributed by atoms with Crippen molar-refractivity contribution in [2.24, 2.45) is 5.92 Å². The Morgan fingerprint density at radius 3 is 2.29 bits per heavy atom. The zero-order valence-corrected chi connectivity index (χ0v) is 12.0. The molecule has 0 aliphatic heterocycles. The minimum atomic E-state index is -4.07. The number of hydrogen-bond acceptors (Lipinski definition) is 3. The molecule has 0 heterocycles. The van der Waals surface area contributed by atoms with Crippen LogP contribution < -0.4 is 0 Å². The van der Waals surface area contributed by atoms with Crippen molar-refractivity contribution in [2.45, 2.75) is 59.3 Å². The van der Waals surface area contributed by atoms with E-state index in [4.69, 9.17) is 4.52 Å². The zero-order valence-electron chi connectivity index (χ0n) is 11.1. The van der Waals surface area contributed by atoms with E-state index < -0.39 is 13.1 Å². The molecule has 0 aromatic heterocycles.